The van der Waals surface area contributed by atoms with Gasteiger partial charge in [0, 0.05) is 31.2 Å². The van der Waals surface area contributed by atoms with Gasteiger partial charge in [0.2, 0.25) is 0 Å². The number of methoxy groups -OCH3 is 1. The van der Waals surface area contributed by atoms with E-state index in [1.54, 1.807) is 6.20 Å². The Hall–Kier alpha value is -1.13. The van der Waals surface area contributed by atoms with Gasteiger partial charge in [-0.2, -0.15) is 0 Å². The molecule has 0 spiro atoms. The van der Waals surface area contributed by atoms with E-state index in [1.807, 2.05) is 26.4 Å². The molecular formula is C16H27N3O. The number of pyridine rings is 1. The summed E-state index contributed by atoms with van der Waals surface area (Å²) >= 11 is 0. The van der Waals surface area contributed by atoms with Gasteiger partial charge in [-0.1, -0.05) is 25.7 Å². The first-order valence-electron chi connectivity index (χ1n) is 7.62. The normalized spacial score (nSPS) is 20.3. The highest BCUT2D eigenvalue weighted by molar-refractivity contribution is 5.44. The van der Waals surface area contributed by atoms with E-state index >= 15 is 0 Å². The van der Waals surface area contributed by atoms with Crippen molar-refractivity contribution in [1.29, 1.82) is 0 Å². The van der Waals surface area contributed by atoms with Gasteiger partial charge in [-0.3, -0.25) is 4.98 Å². The van der Waals surface area contributed by atoms with Crippen LogP contribution in [0.5, 0.6) is 0 Å². The minimum Gasteiger partial charge on any atom is -0.398 e. The van der Waals surface area contributed by atoms with Gasteiger partial charge in [0.05, 0.1) is 5.60 Å². The summed E-state index contributed by atoms with van der Waals surface area (Å²) in [6.07, 6.45) is 11.8. The fraction of sp³-hybridized carbons (Fsp3) is 0.688. The number of nitrogens with zero attached hydrogens (tertiary/aromatic N) is 1. The molecule has 4 heteroatoms. The van der Waals surface area contributed by atoms with E-state index in [0.717, 1.165) is 30.5 Å². The summed E-state index contributed by atoms with van der Waals surface area (Å²) in [7, 11) is 3.87. The molecule has 0 aromatic carbocycles. The maximum Gasteiger partial charge on any atom is 0.0834 e. The standard InChI is InChI=1S/C16H27N3O/c1-18-15(11-13-12-19-10-7-14(13)17)16(20-2)8-5-3-4-6-9-16/h7,10,12,15,18H,3-6,8-9,11H2,1-2H3,(H2,17,19). The molecule has 20 heavy (non-hydrogen) atoms. The molecule has 1 fully saturated rings. The van der Waals surface area contributed by atoms with Crippen molar-refractivity contribution < 1.29 is 4.74 Å². The molecule has 1 aromatic rings. The molecule has 4 nitrogen and oxygen atoms in total. The van der Waals surface area contributed by atoms with Gasteiger partial charge in [-0.15, -0.1) is 0 Å². The summed E-state index contributed by atoms with van der Waals surface area (Å²) in [6.45, 7) is 0. The molecule has 0 amide bonds. The first kappa shape index (κ1) is 15.3. The molecule has 1 aromatic heterocycles. The van der Waals surface area contributed by atoms with Crippen molar-refractivity contribution >= 4 is 5.69 Å². The second-order valence-corrected chi connectivity index (χ2v) is 5.80. The summed E-state index contributed by atoms with van der Waals surface area (Å²) < 4.78 is 6.00. The van der Waals surface area contributed by atoms with Crippen LogP contribution in [0.2, 0.25) is 0 Å². The smallest absolute Gasteiger partial charge is 0.0834 e. The van der Waals surface area contributed by atoms with Crippen molar-refractivity contribution in [3.05, 3.63) is 24.0 Å². The Morgan fingerprint density at radius 2 is 2.05 bits per heavy atom. The molecule has 0 radical (unpaired) electrons. The molecule has 0 bridgehead atoms. The van der Waals surface area contributed by atoms with Gasteiger partial charge in [0.1, 0.15) is 0 Å². The Balaban J connectivity index is 2.18. The molecule has 1 aliphatic carbocycles. The number of anilines is 1. The van der Waals surface area contributed by atoms with Gasteiger partial charge >= 0.3 is 0 Å². The SMILES string of the molecule is CNC(Cc1cnccc1N)C1(OC)CCCCCC1. The highest BCUT2D eigenvalue weighted by atomic mass is 16.5. The molecular weight excluding hydrogens is 250 g/mol. The van der Waals surface area contributed by atoms with E-state index in [0.29, 0.717) is 0 Å². The predicted octanol–water partition coefficient (Wildman–Crippen LogP) is 2.53. The van der Waals surface area contributed by atoms with Crippen molar-refractivity contribution in [2.24, 2.45) is 0 Å². The molecule has 112 valence electrons. The fourth-order valence-electron chi connectivity index (χ4n) is 3.40. The largest absolute Gasteiger partial charge is 0.398 e. The summed E-state index contributed by atoms with van der Waals surface area (Å²) in [5.74, 6) is 0. The van der Waals surface area contributed by atoms with Crippen LogP contribution in [0.15, 0.2) is 18.5 Å². The number of hydrogen-bond acceptors (Lipinski definition) is 4. The zero-order valence-corrected chi connectivity index (χ0v) is 12.7. The molecule has 1 aliphatic rings. The Labute approximate surface area is 122 Å². The number of nitrogens with one attached hydrogen (secondary N) is 1. The van der Waals surface area contributed by atoms with Crippen LogP contribution in [0.3, 0.4) is 0 Å². The fourth-order valence-corrected chi connectivity index (χ4v) is 3.40. The third-order valence-electron chi connectivity index (χ3n) is 4.71. The van der Waals surface area contributed by atoms with Crippen LogP contribution >= 0.6 is 0 Å². The minimum atomic E-state index is -0.0759. The van der Waals surface area contributed by atoms with E-state index in [-0.39, 0.29) is 11.6 Å². The maximum absolute atomic E-state index is 6.06. The van der Waals surface area contributed by atoms with Crippen LogP contribution in [0.1, 0.15) is 44.1 Å². The third-order valence-corrected chi connectivity index (χ3v) is 4.71. The summed E-state index contributed by atoms with van der Waals surface area (Å²) in [5, 5.41) is 3.46. The van der Waals surface area contributed by atoms with Gasteiger partial charge in [-0.05, 0) is 37.9 Å². The van der Waals surface area contributed by atoms with Crippen molar-refractivity contribution in [2.45, 2.75) is 56.6 Å². The molecule has 1 unspecified atom stereocenters. The summed E-state index contributed by atoms with van der Waals surface area (Å²) in [5.41, 5.74) is 7.91. The van der Waals surface area contributed by atoms with E-state index in [1.165, 1.54) is 25.7 Å². The van der Waals surface area contributed by atoms with Crippen LogP contribution in [-0.2, 0) is 11.2 Å². The van der Waals surface area contributed by atoms with E-state index < -0.39 is 0 Å². The Bertz CT molecular complexity index is 414. The number of rotatable bonds is 5. The lowest BCUT2D eigenvalue weighted by atomic mass is 9.83. The van der Waals surface area contributed by atoms with Crippen LogP contribution < -0.4 is 11.1 Å². The summed E-state index contributed by atoms with van der Waals surface area (Å²) in [4.78, 5) is 4.20. The molecule has 3 N–H and O–H groups in total. The van der Waals surface area contributed by atoms with Gasteiger partial charge < -0.3 is 15.8 Å². The van der Waals surface area contributed by atoms with Crippen LogP contribution in [0.25, 0.3) is 0 Å². The molecule has 2 rings (SSSR count). The molecule has 1 atom stereocenters. The average Bonchev–Trinajstić information content (AvgIpc) is 2.73. The van der Waals surface area contributed by atoms with Crippen molar-refractivity contribution in [1.82, 2.24) is 10.3 Å². The average molecular weight is 277 g/mol. The van der Waals surface area contributed by atoms with Gasteiger partial charge in [0.15, 0.2) is 0 Å². The second kappa shape index (κ2) is 7.04. The van der Waals surface area contributed by atoms with Crippen molar-refractivity contribution in [2.75, 3.05) is 19.9 Å². The van der Waals surface area contributed by atoms with Gasteiger partial charge in [0.25, 0.3) is 0 Å². The second-order valence-electron chi connectivity index (χ2n) is 5.80. The van der Waals surface area contributed by atoms with Crippen LogP contribution in [0.4, 0.5) is 5.69 Å². The minimum absolute atomic E-state index is 0.0759. The number of aromatic nitrogens is 1. The monoisotopic (exact) mass is 277 g/mol. The Morgan fingerprint density at radius 1 is 1.35 bits per heavy atom. The highest BCUT2D eigenvalue weighted by Gasteiger charge is 2.38. The number of likely N-dealkylation sites (N-methyl/N-ethyl adjacent to an activating group) is 1. The highest BCUT2D eigenvalue weighted by Crippen LogP contribution is 2.34. The molecule has 0 saturated heterocycles. The molecule has 1 saturated carbocycles. The maximum atomic E-state index is 6.06. The topological polar surface area (TPSA) is 60.2 Å². The lowest BCUT2D eigenvalue weighted by Crippen LogP contribution is -2.52. The number of ether oxygens (including phenoxy) is 1. The first-order chi connectivity index (χ1) is 9.72. The lowest BCUT2D eigenvalue weighted by Gasteiger charge is -2.39. The number of nitrogens with two attached hydrogens (primary N) is 1. The number of hydrogen-bond donors (Lipinski definition) is 2. The number of nitrogen functional groups attached to an aromatic ring is 1. The molecule has 0 aliphatic heterocycles. The summed E-state index contributed by atoms with van der Waals surface area (Å²) in [6, 6.07) is 2.14. The lowest BCUT2D eigenvalue weighted by molar-refractivity contribution is -0.0508. The van der Waals surface area contributed by atoms with Gasteiger partial charge in [-0.25, -0.2) is 0 Å². The Morgan fingerprint density at radius 3 is 2.60 bits per heavy atom. The zero-order chi connectivity index (χ0) is 14.4. The van der Waals surface area contributed by atoms with Crippen LogP contribution in [-0.4, -0.2) is 30.8 Å². The zero-order valence-electron chi connectivity index (χ0n) is 12.7. The first-order valence-corrected chi connectivity index (χ1v) is 7.62. The third kappa shape index (κ3) is 3.30. The van der Waals surface area contributed by atoms with Crippen LogP contribution in [0, 0.1) is 0 Å². The van der Waals surface area contributed by atoms with E-state index in [9.17, 15) is 0 Å². The predicted molar refractivity (Wildman–Crippen MR) is 82.6 cm³/mol. The molecule has 1 heterocycles. The van der Waals surface area contributed by atoms with E-state index in [4.69, 9.17) is 10.5 Å². The quantitative estimate of drug-likeness (QED) is 0.812. The van der Waals surface area contributed by atoms with Crippen molar-refractivity contribution in [3.8, 4) is 0 Å². The van der Waals surface area contributed by atoms with E-state index in [2.05, 4.69) is 10.3 Å². The Kier molecular flexibility index (Phi) is 5.38. The van der Waals surface area contributed by atoms with Crippen molar-refractivity contribution in [3.63, 3.8) is 0 Å².